The second-order valence-electron chi connectivity index (χ2n) is 3.40. The van der Waals surface area contributed by atoms with Crippen molar-refractivity contribution in [1.29, 1.82) is 0 Å². The molecule has 0 amide bonds. The standard InChI is InChI=1S/C10H15NO3S/c1-8(11)9-2-4-10(5-3-9)15(13,14)7-6-12/h2-5,8,12H,6-7,11H2,1H3. The molecule has 1 atom stereocenters. The Bertz CT molecular complexity index is 409. The van der Waals surface area contributed by atoms with E-state index in [9.17, 15) is 8.42 Å². The molecule has 0 radical (unpaired) electrons. The summed E-state index contributed by atoms with van der Waals surface area (Å²) < 4.78 is 23.0. The molecule has 1 aromatic rings. The minimum absolute atomic E-state index is 0.111. The topological polar surface area (TPSA) is 80.4 Å². The maximum absolute atomic E-state index is 11.5. The fourth-order valence-electron chi connectivity index (χ4n) is 1.22. The van der Waals surface area contributed by atoms with Gasteiger partial charge in [-0.2, -0.15) is 0 Å². The Morgan fingerprint density at radius 1 is 1.33 bits per heavy atom. The molecule has 3 N–H and O–H groups in total. The molecule has 0 aromatic heterocycles. The smallest absolute Gasteiger partial charge is 0.180 e. The van der Waals surface area contributed by atoms with E-state index in [1.807, 2.05) is 6.92 Å². The highest BCUT2D eigenvalue weighted by molar-refractivity contribution is 7.91. The van der Waals surface area contributed by atoms with Gasteiger partial charge in [0.15, 0.2) is 9.84 Å². The van der Waals surface area contributed by atoms with Crippen LogP contribution in [-0.2, 0) is 9.84 Å². The zero-order valence-electron chi connectivity index (χ0n) is 8.55. The fourth-order valence-corrected chi connectivity index (χ4v) is 2.24. The number of aliphatic hydroxyl groups excluding tert-OH is 1. The molecule has 0 aliphatic rings. The van der Waals surface area contributed by atoms with E-state index in [1.54, 1.807) is 12.1 Å². The van der Waals surface area contributed by atoms with Crippen LogP contribution >= 0.6 is 0 Å². The Balaban J connectivity index is 2.99. The Hall–Kier alpha value is -0.910. The Morgan fingerprint density at radius 3 is 2.27 bits per heavy atom. The lowest BCUT2D eigenvalue weighted by atomic mass is 10.1. The second kappa shape index (κ2) is 4.74. The van der Waals surface area contributed by atoms with E-state index in [0.29, 0.717) is 0 Å². The molecule has 0 aliphatic heterocycles. The molecule has 0 saturated carbocycles. The van der Waals surface area contributed by atoms with Gasteiger partial charge in [-0.05, 0) is 24.6 Å². The van der Waals surface area contributed by atoms with Crippen molar-refractivity contribution >= 4 is 9.84 Å². The molecule has 5 heteroatoms. The van der Waals surface area contributed by atoms with Crippen LogP contribution in [0, 0.1) is 0 Å². The molecule has 0 aliphatic carbocycles. The van der Waals surface area contributed by atoms with Crippen LogP contribution in [0.25, 0.3) is 0 Å². The van der Waals surface area contributed by atoms with Crippen molar-refractivity contribution in [3.63, 3.8) is 0 Å². The Labute approximate surface area is 89.7 Å². The van der Waals surface area contributed by atoms with Gasteiger partial charge in [-0.25, -0.2) is 8.42 Å². The molecule has 0 saturated heterocycles. The van der Waals surface area contributed by atoms with Gasteiger partial charge < -0.3 is 10.8 Å². The van der Waals surface area contributed by atoms with Gasteiger partial charge in [0.1, 0.15) is 0 Å². The molecule has 4 nitrogen and oxygen atoms in total. The zero-order valence-corrected chi connectivity index (χ0v) is 9.37. The summed E-state index contributed by atoms with van der Waals surface area (Å²) in [6.07, 6.45) is 0. The van der Waals surface area contributed by atoms with Crippen LogP contribution in [0.3, 0.4) is 0 Å². The van der Waals surface area contributed by atoms with Gasteiger partial charge in [0.2, 0.25) is 0 Å². The van der Waals surface area contributed by atoms with Gasteiger partial charge in [0.05, 0.1) is 17.3 Å². The first-order chi connectivity index (χ1) is 6.97. The summed E-state index contributed by atoms with van der Waals surface area (Å²) >= 11 is 0. The van der Waals surface area contributed by atoms with Crippen molar-refractivity contribution in [2.24, 2.45) is 5.73 Å². The summed E-state index contributed by atoms with van der Waals surface area (Å²) in [5.74, 6) is -0.246. The van der Waals surface area contributed by atoms with Crippen molar-refractivity contribution < 1.29 is 13.5 Å². The van der Waals surface area contributed by atoms with E-state index in [2.05, 4.69) is 0 Å². The lowest BCUT2D eigenvalue weighted by Gasteiger charge is -2.07. The molecular weight excluding hydrogens is 214 g/mol. The third kappa shape index (κ3) is 3.02. The molecule has 0 spiro atoms. The van der Waals surface area contributed by atoms with Gasteiger partial charge in [0.25, 0.3) is 0 Å². The van der Waals surface area contributed by atoms with E-state index in [-0.39, 0.29) is 23.3 Å². The van der Waals surface area contributed by atoms with Crippen molar-refractivity contribution in [3.05, 3.63) is 29.8 Å². The van der Waals surface area contributed by atoms with E-state index >= 15 is 0 Å². The summed E-state index contributed by atoms with van der Waals surface area (Å²) in [4.78, 5) is 0.223. The maximum atomic E-state index is 11.5. The van der Waals surface area contributed by atoms with E-state index in [1.165, 1.54) is 12.1 Å². The summed E-state index contributed by atoms with van der Waals surface area (Å²) in [6.45, 7) is 1.47. The van der Waals surface area contributed by atoms with Crippen molar-refractivity contribution in [2.45, 2.75) is 17.9 Å². The molecule has 1 unspecified atom stereocenters. The largest absolute Gasteiger partial charge is 0.395 e. The number of sulfone groups is 1. The zero-order chi connectivity index (χ0) is 11.5. The summed E-state index contributed by atoms with van der Waals surface area (Å²) in [6, 6.07) is 6.30. The minimum atomic E-state index is -3.34. The van der Waals surface area contributed by atoms with Crippen molar-refractivity contribution in [3.8, 4) is 0 Å². The maximum Gasteiger partial charge on any atom is 0.180 e. The number of rotatable bonds is 4. The highest BCUT2D eigenvalue weighted by Gasteiger charge is 2.13. The monoisotopic (exact) mass is 229 g/mol. The number of hydrogen-bond acceptors (Lipinski definition) is 4. The van der Waals surface area contributed by atoms with Crippen LogP contribution in [0.1, 0.15) is 18.5 Å². The molecule has 0 heterocycles. The molecule has 84 valence electrons. The Kier molecular flexibility index (Phi) is 3.84. The normalized spacial score (nSPS) is 13.8. The lowest BCUT2D eigenvalue weighted by molar-refractivity contribution is 0.319. The van der Waals surface area contributed by atoms with E-state index < -0.39 is 9.84 Å². The predicted molar refractivity (Wildman–Crippen MR) is 58.2 cm³/mol. The number of nitrogens with two attached hydrogens (primary N) is 1. The predicted octanol–water partition coefficient (Wildman–Crippen LogP) is 0.472. The molecule has 0 bridgehead atoms. The first-order valence-electron chi connectivity index (χ1n) is 4.66. The SMILES string of the molecule is CC(N)c1ccc(S(=O)(=O)CCO)cc1. The van der Waals surface area contributed by atoms with Gasteiger partial charge >= 0.3 is 0 Å². The number of aliphatic hydroxyl groups is 1. The van der Waals surface area contributed by atoms with Gasteiger partial charge in [-0.3, -0.25) is 0 Å². The highest BCUT2D eigenvalue weighted by Crippen LogP contribution is 2.15. The number of benzene rings is 1. The molecule has 1 rings (SSSR count). The van der Waals surface area contributed by atoms with Crippen LogP contribution in [-0.4, -0.2) is 25.9 Å². The quantitative estimate of drug-likeness (QED) is 0.786. The van der Waals surface area contributed by atoms with Crippen LogP contribution in [0.4, 0.5) is 0 Å². The average Bonchev–Trinajstić information content (AvgIpc) is 2.18. The minimum Gasteiger partial charge on any atom is -0.395 e. The third-order valence-electron chi connectivity index (χ3n) is 2.13. The molecule has 0 fully saturated rings. The van der Waals surface area contributed by atoms with Crippen molar-refractivity contribution in [2.75, 3.05) is 12.4 Å². The van der Waals surface area contributed by atoms with Crippen LogP contribution in [0.2, 0.25) is 0 Å². The second-order valence-corrected chi connectivity index (χ2v) is 5.51. The summed E-state index contributed by atoms with van der Waals surface area (Å²) in [5, 5.41) is 8.61. The van der Waals surface area contributed by atoms with Gasteiger partial charge in [0, 0.05) is 6.04 Å². The first kappa shape index (κ1) is 12.2. The van der Waals surface area contributed by atoms with Crippen LogP contribution in [0.5, 0.6) is 0 Å². The van der Waals surface area contributed by atoms with E-state index in [4.69, 9.17) is 10.8 Å². The fraction of sp³-hybridized carbons (Fsp3) is 0.400. The third-order valence-corrected chi connectivity index (χ3v) is 3.84. The van der Waals surface area contributed by atoms with Gasteiger partial charge in [-0.1, -0.05) is 12.1 Å². The van der Waals surface area contributed by atoms with Crippen LogP contribution < -0.4 is 5.73 Å². The molecular formula is C10H15NO3S. The average molecular weight is 229 g/mol. The van der Waals surface area contributed by atoms with Gasteiger partial charge in [-0.15, -0.1) is 0 Å². The van der Waals surface area contributed by atoms with E-state index in [0.717, 1.165) is 5.56 Å². The summed E-state index contributed by atoms with van der Waals surface area (Å²) in [7, 11) is -3.34. The number of hydrogen-bond donors (Lipinski definition) is 2. The lowest BCUT2D eigenvalue weighted by Crippen LogP contribution is -2.10. The van der Waals surface area contributed by atoms with Crippen LogP contribution in [0.15, 0.2) is 29.2 Å². The van der Waals surface area contributed by atoms with Crippen molar-refractivity contribution in [1.82, 2.24) is 0 Å². The summed E-state index contributed by atoms with van der Waals surface area (Å²) in [5.41, 5.74) is 6.53. The highest BCUT2D eigenvalue weighted by atomic mass is 32.2. The Morgan fingerprint density at radius 2 is 1.87 bits per heavy atom. The molecule has 15 heavy (non-hydrogen) atoms. The molecule has 1 aromatic carbocycles. The first-order valence-corrected chi connectivity index (χ1v) is 6.32.